The van der Waals surface area contributed by atoms with Crippen LogP contribution in [0, 0.1) is 22.7 Å². The minimum Gasteiger partial charge on any atom is -0.455 e. The number of carbonyl (C=O) groups is 4. The maximum absolute atomic E-state index is 14.8. The molecule has 1 N–H and O–H groups in total. The van der Waals surface area contributed by atoms with E-state index in [-0.39, 0.29) is 30.3 Å². The van der Waals surface area contributed by atoms with Gasteiger partial charge in [0.05, 0.1) is 18.1 Å². The maximum Gasteiger partial charge on any atom is 0.338 e. The number of hydrogen-bond donors (Lipinski definition) is 1. The molecule has 4 aliphatic rings. The molecule has 0 aromatic heterocycles. The third-order valence-corrected chi connectivity index (χ3v) is 10.4. The molecule has 0 spiro atoms. The van der Waals surface area contributed by atoms with Gasteiger partial charge >= 0.3 is 17.9 Å². The third-order valence-electron chi connectivity index (χ3n) is 10.4. The second kappa shape index (κ2) is 9.76. The van der Waals surface area contributed by atoms with E-state index in [0.717, 1.165) is 5.57 Å². The van der Waals surface area contributed by atoms with Crippen LogP contribution in [-0.4, -0.2) is 64.9 Å². The van der Waals surface area contributed by atoms with Crippen molar-refractivity contribution in [3.05, 3.63) is 47.0 Å². The van der Waals surface area contributed by atoms with E-state index in [1.54, 1.807) is 51.1 Å². The van der Waals surface area contributed by atoms with E-state index >= 15 is 0 Å². The quantitative estimate of drug-likeness (QED) is 0.326. The zero-order valence-electron chi connectivity index (χ0n) is 24.8. The molecule has 1 heterocycles. The maximum atomic E-state index is 14.8. The van der Waals surface area contributed by atoms with E-state index in [0.29, 0.717) is 18.4 Å². The number of hydrogen-bond acceptors (Lipinski definition) is 9. The fourth-order valence-electron chi connectivity index (χ4n) is 8.18. The zero-order chi connectivity index (χ0) is 30.1. The molecule has 1 aliphatic heterocycles. The Morgan fingerprint density at radius 3 is 2.24 bits per heavy atom. The largest absolute Gasteiger partial charge is 0.455 e. The SMILES string of the molecule is CC(=O)O[C@H]1C(=O)[C@]2(C)CC[C@H]3OC[C@@]3(OC(C)=O)[C@H]2[C@H](OC(=O)c2ccccc2)[C@]2(O)C[C@H](C)C(C)=C1C2(C)C. The Balaban J connectivity index is 1.81. The molecule has 0 unspecified atom stereocenters. The highest BCUT2D eigenvalue weighted by Gasteiger charge is 2.76. The normalized spacial score (nSPS) is 39.2. The fourth-order valence-corrected chi connectivity index (χ4v) is 8.18. The predicted octanol–water partition coefficient (Wildman–Crippen LogP) is 3.96. The number of benzene rings is 1. The molecule has 2 saturated carbocycles. The minimum atomic E-state index is -1.73. The van der Waals surface area contributed by atoms with Crippen molar-refractivity contribution in [2.24, 2.45) is 22.7 Å². The molecule has 41 heavy (non-hydrogen) atoms. The first-order valence-electron chi connectivity index (χ1n) is 14.3. The Bertz CT molecular complexity index is 1320. The van der Waals surface area contributed by atoms with Crippen LogP contribution in [0.5, 0.6) is 0 Å². The van der Waals surface area contributed by atoms with E-state index in [1.807, 2.05) is 13.8 Å². The first kappa shape index (κ1) is 29.5. The summed E-state index contributed by atoms with van der Waals surface area (Å²) in [5.74, 6) is -3.44. The average Bonchev–Trinajstić information content (AvgIpc) is 2.88. The number of rotatable bonds is 4. The van der Waals surface area contributed by atoms with Gasteiger partial charge < -0.3 is 24.1 Å². The zero-order valence-corrected chi connectivity index (χ0v) is 24.8. The monoisotopic (exact) mass is 568 g/mol. The Morgan fingerprint density at radius 1 is 1.02 bits per heavy atom. The van der Waals surface area contributed by atoms with Crippen molar-refractivity contribution < 1.29 is 43.2 Å². The van der Waals surface area contributed by atoms with Crippen molar-refractivity contribution in [2.75, 3.05) is 6.61 Å². The van der Waals surface area contributed by atoms with Crippen LogP contribution < -0.4 is 0 Å². The van der Waals surface area contributed by atoms with Gasteiger partial charge in [-0.25, -0.2) is 4.79 Å². The number of carbonyl (C=O) groups excluding carboxylic acids is 4. The Hall–Kier alpha value is -3.04. The van der Waals surface area contributed by atoms with Crippen LogP contribution in [0.2, 0.25) is 0 Å². The van der Waals surface area contributed by atoms with Crippen LogP contribution in [0.4, 0.5) is 0 Å². The number of Topliss-reactive ketones (excluding diaryl/α,β-unsaturated/α-hetero) is 1. The van der Waals surface area contributed by atoms with E-state index in [1.165, 1.54) is 13.8 Å². The average molecular weight is 569 g/mol. The molecular formula is C32H40O9. The van der Waals surface area contributed by atoms with Crippen molar-refractivity contribution >= 4 is 23.7 Å². The van der Waals surface area contributed by atoms with Crippen LogP contribution in [0.1, 0.15) is 78.1 Å². The summed E-state index contributed by atoms with van der Waals surface area (Å²) < 4.78 is 24.1. The van der Waals surface area contributed by atoms with Crippen molar-refractivity contribution in [1.29, 1.82) is 0 Å². The molecule has 0 radical (unpaired) electrons. The lowest BCUT2D eigenvalue weighted by Crippen LogP contribution is -2.79. The van der Waals surface area contributed by atoms with Gasteiger partial charge in [-0.15, -0.1) is 0 Å². The smallest absolute Gasteiger partial charge is 0.338 e. The Labute approximate surface area is 240 Å². The molecule has 1 saturated heterocycles. The molecule has 9 heteroatoms. The minimum absolute atomic E-state index is 0.0177. The summed E-state index contributed by atoms with van der Waals surface area (Å²) in [6.07, 6.45) is -2.19. The number of esters is 3. The van der Waals surface area contributed by atoms with Crippen LogP contribution in [0.25, 0.3) is 0 Å². The predicted molar refractivity (Wildman–Crippen MR) is 146 cm³/mol. The van der Waals surface area contributed by atoms with Crippen molar-refractivity contribution in [1.82, 2.24) is 0 Å². The summed E-state index contributed by atoms with van der Waals surface area (Å²) in [5, 5.41) is 13.0. The molecule has 1 aromatic carbocycles. The number of aliphatic hydroxyl groups is 1. The summed E-state index contributed by atoms with van der Waals surface area (Å²) in [6, 6.07) is 8.46. The van der Waals surface area contributed by atoms with Gasteiger partial charge in [0.2, 0.25) is 0 Å². The van der Waals surface area contributed by atoms with Crippen molar-refractivity contribution in [3.8, 4) is 0 Å². The molecule has 2 bridgehead atoms. The summed E-state index contributed by atoms with van der Waals surface area (Å²) in [7, 11) is 0. The van der Waals surface area contributed by atoms with Crippen LogP contribution in [0.3, 0.4) is 0 Å². The van der Waals surface area contributed by atoms with Crippen molar-refractivity contribution in [3.63, 3.8) is 0 Å². The lowest BCUT2D eigenvalue weighted by Gasteiger charge is -2.66. The molecule has 222 valence electrons. The molecule has 9 nitrogen and oxygen atoms in total. The Kier molecular flexibility index (Phi) is 7.01. The number of allylic oxidation sites excluding steroid dienone is 1. The lowest BCUT2D eigenvalue weighted by molar-refractivity contribution is -0.332. The fraction of sp³-hybridized carbons (Fsp3) is 0.625. The third kappa shape index (κ3) is 4.18. The van der Waals surface area contributed by atoms with Gasteiger partial charge in [-0.2, -0.15) is 0 Å². The molecule has 3 aliphatic carbocycles. The molecular weight excluding hydrogens is 528 g/mol. The van der Waals surface area contributed by atoms with Crippen LogP contribution in [-0.2, 0) is 33.3 Å². The van der Waals surface area contributed by atoms with E-state index < -0.39 is 64.2 Å². The number of ether oxygens (including phenoxy) is 4. The van der Waals surface area contributed by atoms with Gasteiger partial charge in [0, 0.05) is 24.7 Å². The molecule has 5 rings (SSSR count). The molecule has 1 aromatic rings. The second-order valence-electron chi connectivity index (χ2n) is 13.1. The van der Waals surface area contributed by atoms with Crippen LogP contribution in [0.15, 0.2) is 41.5 Å². The lowest BCUT2D eigenvalue weighted by atomic mass is 9.45. The van der Waals surface area contributed by atoms with Gasteiger partial charge in [-0.05, 0) is 49.8 Å². The van der Waals surface area contributed by atoms with Gasteiger partial charge in [0.25, 0.3) is 0 Å². The highest BCUT2D eigenvalue weighted by Crippen LogP contribution is 2.64. The highest BCUT2D eigenvalue weighted by atomic mass is 16.6. The second-order valence-corrected chi connectivity index (χ2v) is 13.1. The van der Waals surface area contributed by atoms with Gasteiger partial charge in [0.15, 0.2) is 17.5 Å². The van der Waals surface area contributed by atoms with Gasteiger partial charge in [-0.3, -0.25) is 14.4 Å². The number of ketones is 1. The van der Waals surface area contributed by atoms with Gasteiger partial charge in [0.1, 0.15) is 17.8 Å². The summed E-state index contributed by atoms with van der Waals surface area (Å²) in [4.78, 5) is 53.6. The topological polar surface area (TPSA) is 125 Å². The first-order valence-corrected chi connectivity index (χ1v) is 14.3. The van der Waals surface area contributed by atoms with E-state index in [2.05, 4.69) is 0 Å². The molecule has 3 fully saturated rings. The van der Waals surface area contributed by atoms with Gasteiger partial charge in [-0.1, -0.05) is 51.5 Å². The first-order chi connectivity index (χ1) is 19.1. The summed E-state index contributed by atoms with van der Waals surface area (Å²) >= 11 is 0. The summed E-state index contributed by atoms with van der Waals surface area (Å²) in [5.41, 5.74) is -3.90. The van der Waals surface area contributed by atoms with Crippen LogP contribution >= 0.6 is 0 Å². The standard InChI is InChI=1S/C32H40O9/c1-17-15-32(37)27(40-28(36)21-11-9-8-10-12-21)25-30(7,14-13-22-31(25,16-38-22)41-20(4)34)26(35)24(39-19(3)33)23(18(17)2)29(32,5)6/h8-12,17,22,24-25,27,37H,13-16H2,1-7H3/t17-,22+,24+,25-,27-,30+,31-,32+/m0/s1. The highest BCUT2D eigenvalue weighted by molar-refractivity contribution is 5.95. The van der Waals surface area contributed by atoms with Crippen molar-refractivity contribution in [2.45, 2.75) is 97.2 Å². The van der Waals surface area contributed by atoms with E-state index in [9.17, 15) is 24.3 Å². The summed E-state index contributed by atoms with van der Waals surface area (Å²) in [6.45, 7) is 11.7. The van der Waals surface area contributed by atoms with E-state index in [4.69, 9.17) is 18.9 Å². The number of fused-ring (bicyclic) bond motifs is 5. The Morgan fingerprint density at radius 2 is 1.68 bits per heavy atom. The molecule has 0 amide bonds. The molecule has 8 atom stereocenters.